The molecule has 17 heavy (non-hydrogen) atoms. The van der Waals surface area contributed by atoms with Crippen LogP contribution in [0.5, 0.6) is 0 Å². The van der Waals surface area contributed by atoms with Gasteiger partial charge in [-0.15, -0.1) is 0 Å². The first-order valence-electron chi connectivity index (χ1n) is 6.01. The molecule has 2 atom stereocenters. The van der Waals surface area contributed by atoms with Crippen molar-refractivity contribution in [2.45, 2.75) is 38.3 Å². The lowest BCUT2D eigenvalue weighted by atomic mass is 9.96. The number of esters is 1. The van der Waals surface area contributed by atoms with Gasteiger partial charge in [-0.3, -0.25) is 10.1 Å². The molecule has 1 unspecified atom stereocenters. The second-order valence-corrected chi connectivity index (χ2v) is 4.48. The van der Waals surface area contributed by atoms with Crippen molar-refractivity contribution in [3.8, 4) is 0 Å². The average molecular weight is 237 g/mol. The number of imidazole rings is 1. The van der Waals surface area contributed by atoms with Gasteiger partial charge in [-0.2, -0.15) is 0 Å². The van der Waals surface area contributed by atoms with Crippen LogP contribution >= 0.6 is 0 Å². The van der Waals surface area contributed by atoms with Crippen LogP contribution in [0.1, 0.15) is 37.2 Å². The molecule has 1 N–H and O–H groups in total. The van der Waals surface area contributed by atoms with Gasteiger partial charge in [0.15, 0.2) is 0 Å². The number of nitrogens with zero attached hydrogens (tertiary/aromatic N) is 2. The van der Waals surface area contributed by atoms with Crippen LogP contribution in [0.2, 0.25) is 0 Å². The van der Waals surface area contributed by atoms with Gasteiger partial charge in [0.05, 0.1) is 30.9 Å². The van der Waals surface area contributed by atoms with Crippen molar-refractivity contribution >= 4 is 5.97 Å². The standard InChI is InChI=1S/C12H19N3O2/c1-4-5-8-11-9(13-7-15(11)2)6-10(14-8)12(16)17-3/h7-8,10,14H,4-6H2,1-3H3/t8?,10-/m1/s1. The second kappa shape index (κ2) is 4.87. The highest BCUT2D eigenvalue weighted by Crippen LogP contribution is 2.27. The van der Waals surface area contributed by atoms with E-state index in [9.17, 15) is 4.79 Å². The molecule has 1 aliphatic rings. The Hall–Kier alpha value is -1.36. The Labute approximate surface area is 101 Å². The molecule has 0 fully saturated rings. The molecule has 5 heteroatoms. The van der Waals surface area contributed by atoms with E-state index in [0.29, 0.717) is 6.42 Å². The lowest BCUT2D eigenvalue weighted by molar-refractivity contribution is -0.143. The van der Waals surface area contributed by atoms with Crippen molar-refractivity contribution in [2.75, 3.05) is 7.11 Å². The molecular weight excluding hydrogens is 218 g/mol. The lowest BCUT2D eigenvalue weighted by Crippen LogP contribution is -2.45. The van der Waals surface area contributed by atoms with Gasteiger partial charge >= 0.3 is 5.97 Å². The zero-order valence-corrected chi connectivity index (χ0v) is 10.6. The van der Waals surface area contributed by atoms with Gasteiger partial charge in [-0.1, -0.05) is 13.3 Å². The minimum absolute atomic E-state index is 0.195. The molecule has 1 aromatic rings. The fourth-order valence-electron chi connectivity index (χ4n) is 2.47. The summed E-state index contributed by atoms with van der Waals surface area (Å²) in [5, 5.41) is 3.35. The van der Waals surface area contributed by atoms with E-state index in [1.807, 2.05) is 17.9 Å². The fraction of sp³-hybridized carbons (Fsp3) is 0.667. The van der Waals surface area contributed by atoms with Gasteiger partial charge in [0, 0.05) is 13.5 Å². The Morgan fingerprint density at radius 3 is 3.12 bits per heavy atom. The van der Waals surface area contributed by atoms with Crippen molar-refractivity contribution in [1.29, 1.82) is 0 Å². The molecule has 1 aliphatic heterocycles. The van der Waals surface area contributed by atoms with Gasteiger partial charge < -0.3 is 9.30 Å². The largest absolute Gasteiger partial charge is 0.468 e. The zero-order chi connectivity index (χ0) is 12.4. The summed E-state index contributed by atoms with van der Waals surface area (Å²) in [4.78, 5) is 16.0. The van der Waals surface area contributed by atoms with Crippen LogP contribution in [-0.4, -0.2) is 28.7 Å². The molecule has 2 heterocycles. The van der Waals surface area contributed by atoms with E-state index in [4.69, 9.17) is 4.74 Å². The predicted molar refractivity (Wildman–Crippen MR) is 63.5 cm³/mol. The molecule has 5 nitrogen and oxygen atoms in total. The first-order valence-corrected chi connectivity index (χ1v) is 6.01. The summed E-state index contributed by atoms with van der Waals surface area (Å²) < 4.78 is 6.84. The van der Waals surface area contributed by atoms with Gasteiger partial charge in [-0.05, 0) is 6.42 Å². The van der Waals surface area contributed by atoms with Crippen LogP contribution in [-0.2, 0) is 23.0 Å². The highest BCUT2D eigenvalue weighted by Gasteiger charge is 2.33. The normalized spacial score (nSPS) is 23.2. The predicted octanol–water partition coefficient (Wildman–Crippen LogP) is 0.949. The van der Waals surface area contributed by atoms with Crippen molar-refractivity contribution in [3.63, 3.8) is 0 Å². The minimum atomic E-state index is -0.265. The number of aromatic nitrogens is 2. The monoisotopic (exact) mass is 237 g/mol. The average Bonchev–Trinajstić information content (AvgIpc) is 2.70. The number of fused-ring (bicyclic) bond motifs is 1. The number of carbonyl (C=O) groups excluding carboxylic acids is 1. The second-order valence-electron chi connectivity index (χ2n) is 4.48. The third kappa shape index (κ3) is 2.20. The third-order valence-electron chi connectivity index (χ3n) is 3.26. The van der Waals surface area contributed by atoms with E-state index in [0.717, 1.165) is 18.5 Å². The Morgan fingerprint density at radius 1 is 1.71 bits per heavy atom. The molecule has 0 amide bonds. The van der Waals surface area contributed by atoms with Crippen molar-refractivity contribution in [3.05, 3.63) is 17.7 Å². The number of aryl methyl sites for hydroxylation is 1. The van der Waals surface area contributed by atoms with Crippen molar-refractivity contribution in [1.82, 2.24) is 14.9 Å². The summed E-state index contributed by atoms with van der Waals surface area (Å²) in [6.45, 7) is 2.14. The molecule has 0 saturated carbocycles. The first-order chi connectivity index (χ1) is 8.17. The lowest BCUT2D eigenvalue weighted by Gasteiger charge is -2.29. The Bertz CT molecular complexity index is 414. The summed E-state index contributed by atoms with van der Waals surface area (Å²) in [6, 6.07) is -0.0701. The fourth-order valence-corrected chi connectivity index (χ4v) is 2.47. The Balaban J connectivity index is 2.27. The first kappa shape index (κ1) is 12.1. The molecule has 0 aromatic carbocycles. The minimum Gasteiger partial charge on any atom is -0.468 e. The van der Waals surface area contributed by atoms with Crippen molar-refractivity contribution < 1.29 is 9.53 Å². The van der Waals surface area contributed by atoms with Crippen LogP contribution in [0.25, 0.3) is 0 Å². The number of ether oxygens (including phenoxy) is 1. The maximum atomic E-state index is 11.6. The molecule has 0 bridgehead atoms. The maximum absolute atomic E-state index is 11.6. The molecular formula is C12H19N3O2. The molecule has 0 aliphatic carbocycles. The van der Waals surface area contributed by atoms with E-state index in [-0.39, 0.29) is 18.1 Å². The summed E-state index contributed by atoms with van der Waals surface area (Å²) in [5.74, 6) is -0.206. The van der Waals surface area contributed by atoms with Crippen LogP contribution in [0.15, 0.2) is 6.33 Å². The van der Waals surface area contributed by atoms with E-state index in [2.05, 4.69) is 17.2 Å². The number of hydrogen-bond donors (Lipinski definition) is 1. The molecule has 0 spiro atoms. The van der Waals surface area contributed by atoms with Gasteiger partial charge in [0.25, 0.3) is 0 Å². The third-order valence-corrected chi connectivity index (χ3v) is 3.26. The molecule has 2 rings (SSSR count). The van der Waals surface area contributed by atoms with Gasteiger partial charge in [-0.25, -0.2) is 4.98 Å². The highest BCUT2D eigenvalue weighted by atomic mass is 16.5. The van der Waals surface area contributed by atoms with Crippen molar-refractivity contribution in [2.24, 2.45) is 7.05 Å². The molecule has 1 aromatic heterocycles. The van der Waals surface area contributed by atoms with Crippen LogP contribution < -0.4 is 5.32 Å². The van der Waals surface area contributed by atoms with E-state index < -0.39 is 0 Å². The number of rotatable bonds is 3. The van der Waals surface area contributed by atoms with E-state index in [1.165, 1.54) is 12.8 Å². The number of carbonyl (C=O) groups is 1. The van der Waals surface area contributed by atoms with Crippen LogP contribution in [0.4, 0.5) is 0 Å². The van der Waals surface area contributed by atoms with Crippen LogP contribution in [0, 0.1) is 0 Å². The number of nitrogens with one attached hydrogen (secondary N) is 1. The van der Waals surface area contributed by atoms with E-state index >= 15 is 0 Å². The smallest absolute Gasteiger partial charge is 0.323 e. The van der Waals surface area contributed by atoms with Gasteiger partial charge in [0.1, 0.15) is 6.04 Å². The van der Waals surface area contributed by atoms with E-state index in [1.54, 1.807) is 0 Å². The summed E-state index contributed by atoms with van der Waals surface area (Å²) in [7, 11) is 3.42. The molecule has 94 valence electrons. The summed E-state index contributed by atoms with van der Waals surface area (Å²) in [6.07, 6.45) is 4.49. The quantitative estimate of drug-likeness (QED) is 0.795. The molecule has 0 radical (unpaired) electrons. The summed E-state index contributed by atoms with van der Waals surface area (Å²) >= 11 is 0. The highest BCUT2D eigenvalue weighted by molar-refractivity contribution is 5.76. The Morgan fingerprint density at radius 2 is 2.47 bits per heavy atom. The summed E-state index contributed by atoms with van der Waals surface area (Å²) in [5.41, 5.74) is 2.21. The molecule has 0 saturated heterocycles. The SMILES string of the molecule is CCCC1N[C@@H](C(=O)OC)Cc2ncn(C)c21. The Kier molecular flexibility index (Phi) is 3.47. The van der Waals surface area contributed by atoms with Crippen LogP contribution in [0.3, 0.4) is 0 Å². The van der Waals surface area contributed by atoms with Gasteiger partial charge in [0.2, 0.25) is 0 Å². The number of methoxy groups -OCH3 is 1. The maximum Gasteiger partial charge on any atom is 0.323 e. The topological polar surface area (TPSA) is 56.1 Å². The number of hydrogen-bond acceptors (Lipinski definition) is 4. The zero-order valence-electron chi connectivity index (χ0n) is 10.6.